The quantitative estimate of drug-likeness (QED) is 0.778. The van der Waals surface area contributed by atoms with E-state index in [9.17, 15) is 9.90 Å². The van der Waals surface area contributed by atoms with Crippen molar-refractivity contribution >= 4 is 5.97 Å². The highest BCUT2D eigenvalue weighted by atomic mass is 16.4. The fourth-order valence-corrected chi connectivity index (χ4v) is 2.12. The van der Waals surface area contributed by atoms with Crippen LogP contribution in [-0.2, 0) is 4.79 Å². The minimum atomic E-state index is -0.671. The molecule has 1 N–H and O–H groups in total. The molecule has 3 nitrogen and oxygen atoms in total. The zero-order chi connectivity index (χ0) is 13.9. The Morgan fingerprint density at radius 1 is 1.24 bits per heavy atom. The minimum Gasteiger partial charge on any atom is -0.481 e. The number of carbonyl (C=O) groups is 1. The summed E-state index contributed by atoms with van der Waals surface area (Å²) in [6.45, 7) is 13.3. The van der Waals surface area contributed by atoms with E-state index in [1.165, 1.54) is 0 Å². The first-order valence-corrected chi connectivity index (χ1v) is 6.54. The van der Waals surface area contributed by atoms with E-state index in [1.807, 2.05) is 20.9 Å². The Morgan fingerprint density at radius 2 is 1.65 bits per heavy atom. The van der Waals surface area contributed by atoms with Crippen molar-refractivity contribution in [1.29, 1.82) is 0 Å². The van der Waals surface area contributed by atoms with Crippen LogP contribution in [0.25, 0.3) is 0 Å². The van der Waals surface area contributed by atoms with Gasteiger partial charge in [-0.15, -0.1) is 0 Å². The zero-order valence-electron chi connectivity index (χ0n) is 12.5. The van der Waals surface area contributed by atoms with Crippen molar-refractivity contribution in [2.75, 3.05) is 13.6 Å². The van der Waals surface area contributed by atoms with E-state index < -0.39 is 11.4 Å². The molecule has 0 amide bonds. The summed E-state index contributed by atoms with van der Waals surface area (Å²) in [5.41, 5.74) is -0.436. The third kappa shape index (κ3) is 3.98. The molecule has 0 bridgehead atoms. The predicted octanol–water partition coefficient (Wildman–Crippen LogP) is 3.24. The van der Waals surface area contributed by atoms with Crippen LogP contribution in [-0.4, -0.2) is 35.6 Å². The highest BCUT2D eigenvalue weighted by Crippen LogP contribution is 2.31. The number of rotatable bonds is 6. The highest BCUT2D eigenvalue weighted by Gasteiger charge is 2.38. The van der Waals surface area contributed by atoms with Gasteiger partial charge in [0.25, 0.3) is 0 Å². The Balaban J connectivity index is 4.85. The van der Waals surface area contributed by atoms with Gasteiger partial charge in [0.15, 0.2) is 0 Å². The van der Waals surface area contributed by atoms with Gasteiger partial charge < -0.3 is 10.0 Å². The van der Waals surface area contributed by atoms with Crippen LogP contribution >= 0.6 is 0 Å². The van der Waals surface area contributed by atoms with Gasteiger partial charge in [0, 0.05) is 12.6 Å². The summed E-state index contributed by atoms with van der Waals surface area (Å²) >= 11 is 0. The third-order valence-electron chi connectivity index (χ3n) is 4.27. The Kier molecular flexibility index (Phi) is 5.66. The van der Waals surface area contributed by atoms with Crippen molar-refractivity contribution in [1.82, 2.24) is 4.90 Å². The molecule has 0 aliphatic rings. The zero-order valence-corrected chi connectivity index (χ0v) is 12.5. The number of nitrogens with zero attached hydrogens (tertiary/aromatic N) is 1. The van der Waals surface area contributed by atoms with E-state index in [2.05, 4.69) is 32.6 Å². The molecule has 0 aliphatic heterocycles. The average molecular weight is 243 g/mol. The van der Waals surface area contributed by atoms with Crippen molar-refractivity contribution in [3.05, 3.63) is 0 Å². The van der Waals surface area contributed by atoms with Crippen molar-refractivity contribution in [2.45, 2.75) is 60.4 Å². The number of hydrogen-bond acceptors (Lipinski definition) is 2. The Labute approximate surface area is 106 Å². The number of hydrogen-bond donors (Lipinski definition) is 1. The Morgan fingerprint density at radius 3 is 1.88 bits per heavy atom. The summed E-state index contributed by atoms with van der Waals surface area (Å²) in [5, 5.41) is 9.43. The van der Waals surface area contributed by atoms with Gasteiger partial charge in [0.05, 0.1) is 5.41 Å². The molecule has 0 saturated heterocycles. The van der Waals surface area contributed by atoms with Crippen LogP contribution in [0.5, 0.6) is 0 Å². The van der Waals surface area contributed by atoms with E-state index in [1.54, 1.807) is 0 Å². The molecule has 1 unspecified atom stereocenters. The van der Waals surface area contributed by atoms with Gasteiger partial charge in [-0.3, -0.25) is 4.79 Å². The molecule has 0 rings (SSSR count). The first kappa shape index (κ1) is 16.4. The van der Waals surface area contributed by atoms with Gasteiger partial charge in [-0.05, 0) is 32.2 Å². The molecule has 102 valence electrons. The van der Waals surface area contributed by atoms with Crippen LogP contribution < -0.4 is 0 Å². The maximum absolute atomic E-state index is 11.5. The molecule has 0 aromatic carbocycles. The Hall–Kier alpha value is -0.570. The van der Waals surface area contributed by atoms with Crippen LogP contribution in [0.15, 0.2) is 0 Å². The van der Waals surface area contributed by atoms with Crippen LogP contribution in [0.3, 0.4) is 0 Å². The maximum atomic E-state index is 11.5. The molecule has 0 aromatic rings. The molecule has 1 atom stereocenters. The highest BCUT2D eigenvalue weighted by molar-refractivity contribution is 5.74. The smallest absolute Gasteiger partial charge is 0.310 e. The molecule has 0 saturated carbocycles. The number of aliphatic carboxylic acids is 1. The van der Waals surface area contributed by atoms with Crippen molar-refractivity contribution < 1.29 is 9.90 Å². The Bertz CT molecular complexity index is 251. The lowest BCUT2D eigenvalue weighted by atomic mass is 9.80. The first-order valence-electron chi connectivity index (χ1n) is 6.54. The molecular formula is C14H29NO2. The molecule has 0 radical (unpaired) electrons. The minimum absolute atomic E-state index is 0.167. The summed E-state index contributed by atoms with van der Waals surface area (Å²) in [6, 6.07) is 0.360. The standard InChI is InChI=1S/C14H29NO2/c1-8-14(9-2,12(16)17)10-15(7)11(3)13(4,5)6/h11H,8-10H2,1-7H3,(H,16,17). The van der Waals surface area contributed by atoms with Crippen LogP contribution in [0, 0.1) is 10.8 Å². The monoisotopic (exact) mass is 243 g/mol. The second kappa shape index (κ2) is 5.85. The summed E-state index contributed by atoms with van der Waals surface area (Å²) < 4.78 is 0. The van der Waals surface area contributed by atoms with Crippen LogP contribution in [0.1, 0.15) is 54.4 Å². The number of carboxylic acids is 1. The lowest BCUT2D eigenvalue weighted by Gasteiger charge is -2.40. The van der Waals surface area contributed by atoms with Crippen LogP contribution in [0.4, 0.5) is 0 Å². The van der Waals surface area contributed by atoms with Crippen molar-refractivity contribution in [3.8, 4) is 0 Å². The summed E-state index contributed by atoms with van der Waals surface area (Å²) in [4.78, 5) is 13.6. The number of carboxylic acid groups (broad SMARTS) is 1. The van der Waals surface area contributed by atoms with E-state index in [4.69, 9.17) is 0 Å². The molecule has 17 heavy (non-hydrogen) atoms. The van der Waals surface area contributed by atoms with E-state index in [0.717, 1.165) is 0 Å². The first-order chi connectivity index (χ1) is 7.60. The molecular weight excluding hydrogens is 214 g/mol. The summed E-state index contributed by atoms with van der Waals surface area (Å²) in [7, 11) is 2.03. The lowest BCUT2D eigenvalue weighted by Crippen LogP contribution is -2.47. The summed E-state index contributed by atoms with van der Waals surface area (Å²) in [5.74, 6) is -0.671. The van der Waals surface area contributed by atoms with Gasteiger partial charge in [0.2, 0.25) is 0 Å². The molecule has 0 aliphatic carbocycles. The third-order valence-corrected chi connectivity index (χ3v) is 4.27. The largest absolute Gasteiger partial charge is 0.481 e. The van der Waals surface area contributed by atoms with Crippen molar-refractivity contribution in [2.24, 2.45) is 10.8 Å². The predicted molar refractivity (Wildman–Crippen MR) is 72.2 cm³/mol. The van der Waals surface area contributed by atoms with Gasteiger partial charge in [-0.1, -0.05) is 34.6 Å². The SMILES string of the molecule is CCC(CC)(CN(C)C(C)C(C)(C)C)C(=O)O. The van der Waals surface area contributed by atoms with Gasteiger partial charge in [0.1, 0.15) is 0 Å². The normalized spacial score (nSPS) is 15.1. The van der Waals surface area contributed by atoms with E-state index in [0.29, 0.717) is 25.4 Å². The molecule has 0 spiro atoms. The topological polar surface area (TPSA) is 40.5 Å². The van der Waals surface area contributed by atoms with Crippen molar-refractivity contribution in [3.63, 3.8) is 0 Å². The average Bonchev–Trinajstić information content (AvgIpc) is 2.22. The lowest BCUT2D eigenvalue weighted by molar-refractivity contribution is -0.151. The second-order valence-electron chi connectivity index (χ2n) is 6.25. The fraction of sp³-hybridized carbons (Fsp3) is 0.929. The van der Waals surface area contributed by atoms with Gasteiger partial charge >= 0.3 is 5.97 Å². The second-order valence-corrected chi connectivity index (χ2v) is 6.25. The summed E-state index contributed by atoms with van der Waals surface area (Å²) in [6.07, 6.45) is 1.36. The van der Waals surface area contributed by atoms with Crippen LogP contribution in [0.2, 0.25) is 0 Å². The maximum Gasteiger partial charge on any atom is 0.310 e. The van der Waals surface area contributed by atoms with E-state index >= 15 is 0 Å². The van der Waals surface area contributed by atoms with E-state index in [-0.39, 0.29) is 5.41 Å². The molecule has 0 aromatic heterocycles. The fourth-order valence-electron chi connectivity index (χ4n) is 2.12. The van der Waals surface area contributed by atoms with Gasteiger partial charge in [-0.2, -0.15) is 0 Å². The molecule has 3 heteroatoms. The van der Waals surface area contributed by atoms with Gasteiger partial charge in [-0.25, -0.2) is 0 Å². The molecule has 0 heterocycles. The molecule has 0 fully saturated rings.